The van der Waals surface area contributed by atoms with Crippen molar-refractivity contribution >= 4 is 17.2 Å². The highest BCUT2D eigenvalue weighted by molar-refractivity contribution is 7.08. The van der Waals surface area contributed by atoms with Crippen LogP contribution in [-0.4, -0.2) is 27.7 Å². The summed E-state index contributed by atoms with van der Waals surface area (Å²) >= 11 is 1.51. The maximum atomic E-state index is 11.9. The first-order valence-corrected chi connectivity index (χ1v) is 8.17. The van der Waals surface area contributed by atoms with Crippen LogP contribution in [0, 0.1) is 0 Å². The molecule has 0 radical (unpaired) electrons. The van der Waals surface area contributed by atoms with Crippen molar-refractivity contribution in [3.63, 3.8) is 0 Å². The van der Waals surface area contributed by atoms with Crippen LogP contribution in [0.2, 0.25) is 0 Å². The molecular weight excluding hydrogens is 302 g/mol. The van der Waals surface area contributed by atoms with Crippen molar-refractivity contribution in [3.8, 4) is 0 Å². The van der Waals surface area contributed by atoms with Crippen molar-refractivity contribution in [1.82, 2.24) is 15.5 Å². The highest BCUT2D eigenvalue weighted by Crippen LogP contribution is 2.22. The first-order valence-electron chi connectivity index (χ1n) is 7.22. The number of nitrogens with zero attached hydrogens (tertiary/aromatic N) is 2. The number of amides is 1. The third kappa shape index (κ3) is 4.38. The number of rotatable bonds is 7. The molecule has 1 unspecified atom stereocenters. The van der Waals surface area contributed by atoms with E-state index in [4.69, 9.17) is 4.52 Å². The Hall–Kier alpha value is -1.73. The molecule has 2 aromatic rings. The first kappa shape index (κ1) is 16.6. The van der Waals surface area contributed by atoms with Crippen molar-refractivity contribution in [2.24, 2.45) is 0 Å². The van der Waals surface area contributed by atoms with E-state index in [-0.39, 0.29) is 24.8 Å². The number of carbonyl (C=O) groups excluding carboxylic acids is 1. The van der Waals surface area contributed by atoms with Crippen molar-refractivity contribution in [2.45, 2.75) is 45.1 Å². The standard InChI is InChI=1S/C15H21N3O3S/c1-10(2)14-17-13(21-18-14)5-4-12(19)16-9-15(3,20)11-6-7-22-8-11/h6-8,10,20H,4-5,9H2,1-3H3,(H,16,19). The summed E-state index contributed by atoms with van der Waals surface area (Å²) in [6.45, 7) is 5.81. The molecule has 0 aliphatic carbocycles. The number of aromatic nitrogens is 2. The lowest BCUT2D eigenvalue weighted by molar-refractivity contribution is -0.122. The van der Waals surface area contributed by atoms with Gasteiger partial charge in [-0.25, -0.2) is 0 Å². The van der Waals surface area contributed by atoms with Gasteiger partial charge in [0, 0.05) is 18.8 Å². The third-order valence-electron chi connectivity index (χ3n) is 3.34. The van der Waals surface area contributed by atoms with Gasteiger partial charge in [-0.05, 0) is 29.3 Å². The Morgan fingerprint density at radius 3 is 2.91 bits per heavy atom. The van der Waals surface area contributed by atoms with Crippen LogP contribution < -0.4 is 5.32 Å². The lowest BCUT2D eigenvalue weighted by atomic mass is 9.99. The summed E-state index contributed by atoms with van der Waals surface area (Å²) in [7, 11) is 0. The van der Waals surface area contributed by atoms with Crippen LogP contribution >= 0.6 is 11.3 Å². The first-order chi connectivity index (χ1) is 10.4. The quantitative estimate of drug-likeness (QED) is 0.815. The molecule has 0 aromatic carbocycles. The second kappa shape index (κ2) is 7.02. The van der Waals surface area contributed by atoms with Gasteiger partial charge < -0.3 is 14.9 Å². The predicted octanol–water partition coefficient (Wildman–Crippen LogP) is 2.21. The molecule has 1 amide bonds. The van der Waals surface area contributed by atoms with E-state index >= 15 is 0 Å². The van der Waals surface area contributed by atoms with Gasteiger partial charge in [0.1, 0.15) is 5.60 Å². The molecule has 0 saturated heterocycles. The molecule has 0 saturated carbocycles. The van der Waals surface area contributed by atoms with Gasteiger partial charge in [0.05, 0.1) is 6.54 Å². The van der Waals surface area contributed by atoms with Crippen LogP contribution in [-0.2, 0) is 16.8 Å². The van der Waals surface area contributed by atoms with E-state index in [0.29, 0.717) is 18.1 Å². The van der Waals surface area contributed by atoms with E-state index in [1.54, 1.807) is 6.92 Å². The number of hydrogen-bond acceptors (Lipinski definition) is 6. The van der Waals surface area contributed by atoms with E-state index in [0.717, 1.165) is 5.56 Å². The number of nitrogens with one attached hydrogen (secondary N) is 1. The second-order valence-electron chi connectivity index (χ2n) is 5.76. The molecular formula is C15H21N3O3S. The molecule has 22 heavy (non-hydrogen) atoms. The minimum atomic E-state index is -1.06. The molecule has 0 fully saturated rings. The van der Waals surface area contributed by atoms with Crippen LogP contribution in [0.3, 0.4) is 0 Å². The highest BCUT2D eigenvalue weighted by Gasteiger charge is 2.24. The Morgan fingerprint density at radius 2 is 2.32 bits per heavy atom. The normalized spacial score (nSPS) is 14.0. The fourth-order valence-corrected chi connectivity index (χ4v) is 2.64. The van der Waals surface area contributed by atoms with Crippen LogP contribution in [0.1, 0.15) is 50.4 Å². The zero-order chi connectivity index (χ0) is 16.2. The molecule has 0 aliphatic rings. The number of thiophene rings is 1. The summed E-state index contributed by atoms with van der Waals surface area (Å²) < 4.78 is 5.09. The van der Waals surface area contributed by atoms with E-state index in [2.05, 4.69) is 15.5 Å². The average molecular weight is 323 g/mol. The Labute approximate surface area is 133 Å². The van der Waals surface area contributed by atoms with Crippen LogP contribution in [0.5, 0.6) is 0 Å². The third-order valence-corrected chi connectivity index (χ3v) is 4.02. The molecule has 1 atom stereocenters. The Morgan fingerprint density at radius 1 is 1.55 bits per heavy atom. The molecule has 0 spiro atoms. The summed E-state index contributed by atoms with van der Waals surface area (Å²) in [6, 6.07) is 1.85. The van der Waals surface area contributed by atoms with Gasteiger partial charge >= 0.3 is 0 Å². The maximum absolute atomic E-state index is 11.9. The largest absolute Gasteiger partial charge is 0.384 e. The van der Waals surface area contributed by atoms with Crippen molar-refractivity contribution in [2.75, 3.05) is 6.54 Å². The number of hydrogen-bond donors (Lipinski definition) is 2. The number of aryl methyl sites for hydroxylation is 1. The van der Waals surface area contributed by atoms with E-state index in [1.165, 1.54) is 11.3 Å². The lowest BCUT2D eigenvalue weighted by Gasteiger charge is -2.22. The van der Waals surface area contributed by atoms with E-state index < -0.39 is 5.60 Å². The fraction of sp³-hybridized carbons (Fsp3) is 0.533. The van der Waals surface area contributed by atoms with Gasteiger partial charge in [0.2, 0.25) is 11.8 Å². The van der Waals surface area contributed by atoms with Gasteiger partial charge in [-0.2, -0.15) is 16.3 Å². The molecule has 2 N–H and O–H groups in total. The molecule has 2 rings (SSSR count). The molecule has 7 heteroatoms. The second-order valence-corrected chi connectivity index (χ2v) is 6.54. The summed E-state index contributed by atoms with van der Waals surface area (Å²) in [6.07, 6.45) is 0.644. The maximum Gasteiger partial charge on any atom is 0.227 e. The zero-order valence-corrected chi connectivity index (χ0v) is 13.8. The van der Waals surface area contributed by atoms with Gasteiger partial charge in [-0.1, -0.05) is 19.0 Å². The molecule has 0 bridgehead atoms. The van der Waals surface area contributed by atoms with Crippen LogP contribution in [0.15, 0.2) is 21.3 Å². The molecule has 2 heterocycles. The summed E-state index contributed by atoms with van der Waals surface area (Å²) in [4.78, 5) is 16.1. The van der Waals surface area contributed by atoms with Crippen LogP contribution in [0.25, 0.3) is 0 Å². The highest BCUT2D eigenvalue weighted by atomic mass is 32.1. The van der Waals surface area contributed by atoms with Gasteiger partial charge in [0.15, 0.2) is 5.82 Å². The molecule has 0 aliphatic heterocycles. The summed E-state index contributed by atoms with van der Waals surface area (Å²) in [5.41, 5.74) is -0.262. The monoisotopic (exact) mass is 323 g/mol. The van der Waals surface area contributed by atoms with Gasteiger partial charge in [-0.15, -0.1) is 0 Å². The van der Waals surface area contributed by atoms with Crippen molar-refractivity contribution in [3.05, 3.63) is 34.1 Å². The van der Waals surface area contributed by atoms with Gasteiger partial charge in [0.25, 0.3) is 0 Å². The number of aliphatic hydroxyl groups is 1. The van der Waals surface area contributed by atoms with E-state index in [9.17, 15) is 9.90 Å². The van der Waals surface area contributed by atoms with Gasteiger partial charge in [-0.3, -0.25) is 4.79 Å². The Kier molecular flexibility index (Phi) is 5.31. The fourth-order valence-electron chi connectivity index (χ4n) is 1.86. The molecule has 6 nitrogen and oxygen atoms in total. The minimum Gasteiger partial charge on any atom is -0.384 e. The van der Waals surface area contributed by atoms with E-state index in [1.807, 2.05) is 30.7 Å². The smallest absolute Gasteiger partial charge is 0.227 e. The Bertz CT molecular complexity index is 605. The van der Waals surface area contributed by atoms with Crippen LogP contribution in [0.4, 0.5) is 0 Å². The molecule has 120 valence electrons. The SMILES string of the molecule is CC(C)c1noc(CCC(=O)NCC(C)(O)c2ccsc2)n1. The summed E-state index contributed by atoms with van der Waals surface area (Å²) in [5, 5.41) is 20.7. The molecule has 2 aromatic heterocycles. The minimum absolute atomic E-state index is 0.153. The van der Waals surface area contributed by atoms with Crippen molar-refractivity contribution < 1.29 is 14.4 Å². The predicted molar refractivity (Wildman–Crippen MR) is 83.6 cm³/mol. The topological polar surface area (TPSA) is 88.2 Å². The lowest BCUT2D eigenvalue weighted by Crippen LogP contribution is -2.38. The van der Waals surface area contributed by atoms with Crippen molar-refractivity contribution in [1.29, 1.82) is 0 Å². The average Bonchev–Trinajstić information content (AvgIpc) is 3.13. The number of carbonyl (C=O) groups is 1. The summed E-state index contributed by atoms with van der Waals surface area (Å²) in [5.74, 6) is 1.16. The Balaban J connectivity index is 1.78. The zero-order valence-electron chi connectivity index (χ0n) is 13.0.